The van der Waals surface area contributed by atoms with Gasteiger partial charge in [0, 0.05) is 31.6 Å². The number of rotatable bonds is 4. The minimum absolute atomic E-state index is 0.000783. The summed E-state index contributed by atoms with van der Waals surface area (Å²) >= 11 is 0. The number of carbonyl (C=O) groups is 1. The predicted octanol–water partition coefficient (Wildman–Crippen LogP) is 1.67. The molecule has 0 unspecified atom stereocenters. The van der Waals surface area contributed by atoms with E-state index >= 15 is 0 Å². The van der Waals surface area contributed by atoms with Crippen LogP contribution in [0.3, 0.4) is 0 Å². The zero-order chi connectivity index (χ0) is 24.2. The molecule has 1 aliphatic rings. The summed E-state index contributed by atoms with van der Waals surface area (Å²) < 4.78 is 79.3. The molecule has 0 spiro atoms. The molecule has 32 heavy (non-hydrogen) atoms. The summed E-state index contributed by atoms with van der Waals surface area (Å²) in [7, 11) is 0. The van der Waals surface area contributed by atoms with Gasteiger partial charge in [-0.1, -0.05) is 0 Å². The van der Waals surface area contributed by atoms with Gasteiger partial charge in [-0.15, -0.1) is 20.3 Å². The molecule has 0 fully saturated rings. The molecule has 16 heteroatoms. The summed E-state index contributed by atoms with van der Waals surface area (Å²) in [5.41, 5.74) is 5.64. The smallest absolute Gasteiger partial charge is 0.333 e. The summed E-state index contributed by atoms with van der Waals surface area (Å²) in [5, 5.41) is 20.2. The van der Waals surface area contributed by atoms with Gasteiger partial charge in [-0.2, -0.15) is 13.2 Å². The molecule has 1 amide bonds. The molecule has 1 aromatic carbocycles. The van der Waals surface area contributed by atoms with Crippen LogP contribution in [0.5, 0.6) is 0 Å². The van der Waals surface area contributed by atoms with Crippen molar-refractivity contribution in [2.45, 2.75) is 38.1 Å². The van der Waals surface area contributed by atoms with E-state index in [9.17, 15) is 31.1 Å². The van der Waals surface area contributed by atoms with Gasteiger partial charge in [0.25, 0.3) is 5.09 Å². The molecule has 1 aliphatic heterocycles. The molecule has 0 saturated carbocycles. The topological polar surface area (TPSA) is 140 Å². The second-order valence-corrected chi connectivity index (χ2v) is 6.67. The number of hydrogen-bond acceptors (Lipinski definition) is 6. The van der Waals surface area contributed by atoms with Gasteiger partial charge >= 0.3 is 6.18 Å². The first-order chi connectivity index (χ1) is 14.8. The quantitative estimate of drug-likeness (QED) is 0.300. The molecule has 3 N–H and O–H groups in total. The van der Waals surface area contributed by atoms with Crippen molar-refractivity contribution < 1.29 is 41.4 Å². The van der Waals surface area contributed by atoms with E-state index in [1.165, 1.54) is 4.90 Å². The molecule has 2 heterocycles. The summed E-state index contributed by atoms with van der Waals surface area (Å²) in [6.45, 7) is -0.302. The Balaban J connectivity index is 0.000000837. The van der Waals surface area contributed by atoms with Crippen molar-refractivity contribution in [1.29, 1.82) is 0 Å². The van der Waals surface area contributed by atoms with Crippen LogP contribution in [0.2, 0.25) is 0 Å². The minimum atomic E-state index is -4.64. The summed E-state index contributed by atoms with van der Waals surface area (Å²) in [4.78, 5) is 22.0. The van der Waals surface area contributed by atoms with Gasteiger partial charge in [-0.3, -0.25) is 4.79 Å². The van der Waals surface area contributed by atoms with Crippen LogP contribution in [0.15, 0.2) is 12.1 Å². The Bertz CT molecular complexity index is 994. The van der Waals surface area contributed by atoms with Gasteiger partial charge in [0.2, 0.25) is 11.7 Å². The second kappa shape index (κ2) is 9.80. The van der Waals surface area contributed by atoms with Gasteiger partial charge in [0.15, 0.2) is 17.5 Å². The van der Waals surface area contributed by atoms with Crippen LogP contribution in [0.1, 0.15) is 23.6 Å². The average Bonchev–Trinajstić information content (AvgIpc) is 3.09. The van der Waals surface area contributed by atoms with E-state index in [-0.39, 0.29) is 43.9 Å². The van der Waals surface area contributed by atoms with Crippen LogP contribution >= 0.6 is 0 Å². The SMILES string of the molecule is N[C@@H](CC(=O)N1CCn2c(nnc2C(F)(F)F)C1)Cc1cc(F)c(F)cc1F.O=[N+]([O-])O. The molecule has 0 radical (unpaired) electrons. The molecular weight excluding hydrogens is 454 g/mol. The second-order valence-electron chi connectivity index (χ2n) is 6.67. The van der Waals surface area contributed by atoms with Gasteiger partial charge in [0.1, 0.15) is 5.82 Å². The first-order valence-electron chi connectivity index (χ1n) is 8.79. The lowest BCUT2D eigenvalue weighted by molar-refractivity contribution is -0.742. The monoisotopic (exact) mass is 470 g/mol. The van der Waals surface area contributed by atoms with Crippen molar-refractivity contribution >= 4 is 5.91 Å². The van der Waals surface area contributed by atoms with Crippen molar-refractivity contribution in [3.63, 3.8) is 0 Å². The maximum atomic E-state index is 13.7. The lowest BCUT2D eigenvalue weighted by Crippen LogP contribution is -2.42. The Morgan fingerprint density at radius 1 is 1.19 bits per heavy atom. The summed E-state index contributed by atoms with van der Waals surface area (Å²) in [5.74, 6) is -5.15. The molecular formula is C16H16F6N6O4. The molecule has 0 saturated heterocycles. The van der Waals surface area contributed by atoms with E-state index in [0.29, 0.717) is 12.1 Å². The number of hydrogen-bond donors (Lipinski definition) is 2. The number of fused-ring (bicyclic) bond motifs is 1. The number of carbonyl (C=O) groups excluding carboxylic acids is 1. The van der Waals surface area contributed by atoms with Crippen LogP contribution in [0.25, 0.3) is 0 Å². The third-order valence-electron chi connectivity index (χ3n) is 4.37. The first-order valence-corrected chi connectivity index (χ1v) is 8.79. The van der Waals surface area contributed by atoms with Crippen molar-refractivity contribution in [1.82, 2.24) is 19.7 Å². The van der Waals surface area contributed by atoms with Crippen molar-refractivity contribution in [3.05, 3.63) is 56.9 Å². The predicted molar refractivity (Wildman–Crippen MR) is 91.8 cm³/mol. The van der Waals surface area contributed by atoms with Crippen LogP contribution in [-0.2, 0) is 30.5 Å². The summed E-state index contributed by atoms with van der Waals surface area (Å²) in [6.07, 6.45) is -5.11. The Morgan fingerprint density at radius 3 is 2.38 bits per heavy atom. The molecule has 10 nitrogen and oxygen atoms in total. The number of alkyl halides is 3. The van der Waals surface area contributed by atoms with Gasteiger partial charge in [-0.25, -0.2) is 13.2 Å². The normalized spacial score (nSPS) is 14.3. The fourth-order valence-corrected chi connectivity index (χ4v) is 3.01. The Kier molecular flexibility index (Phi) is 7.60. The van der Waals surface area contributed by atoms with Gasteiger partial charge < -0.3 is 20.4 Å². The minimum Gasteiger partial charge on any atom is -0.333 e. The molecule has 3 rings (SSSR count). The molecule has 2 aromatic rings. The van der Waals surface area contributed by atoms with Gasteiger partial charge in [-0.05, 0) is 18.1 Å². The Labute approximate surface area is 175 Å². The number of nitrogens with zero attached hydrogens (tertiary/aromatic N) is 5. The zero-order valence-corrected chi connectivity index (χ0v) is 16.0. The number of benzene rings is 1. The lowest BCUT2D eigenvalue weighted by Gasteiger charge is -2.29. The molecule has 1 aromatic heterocycles. The maximum absolute atomic E-state index is 13.7. The van der Waals surface area contributed by atoms with Crippen molar-refractivity contribution in [2.75, 3.05) is 6.54 Å². The fraction of sp³-hybridized carbons (Fsp3) is 0.438. The highest BCUT2D eigenvalue weighted by atomic mass is 19.4. The highest BCUT2D eigenvalue weighted by Gasteiger charge is 2.40. The highest BCUT2D eigenvalue weighted by Crippen LogP contribution is 2.29. The van der Waals surface area contributed by atoms with E-state index in [1.807, 2.05) is 0 Å². The maximum Gasteiger partial charge on any atom is 0.451 e. The van der Waals surface area contributed by atoms with Gasteiger partial charge in [0.05, 0.1) is 6.54 Å². The fourth-order valence-electron chi connectivity index (χ4n) is 3.01. The average molecular weight is 470 g/mol. The van der Waals surface area contributed by atoms with Crippen LogP contribution in [-0.4, -0.2) is 48.5 Å². The van der Waals surface area contributed by atoms with Crippen molar-refractivity contribution in [2.24, 2.45) is 5.73 Å². The third kappa shape index (κ3) is 6.29. The van der Waals surface area contributed by atoms with E-state index in [0.717, 1.165) is 4.57 Å². The van der Waals surface area contributed by atoms with E-state index in [4.69, 9.17) is 21.1 Å². The molecule has 1 atom stereocenters. The Morgan fingerprint density at radius 2 is 1.78 bits per heavy atom. The molecule has 176 valence electrons. The number of aromatic nitrogens is 3. The van der Waals surface area contributed by atoms with E-state index in [2.05, 4.69) is 10.2 Å². The molecule has 0 aliphatic carbocycles. The third-order valence-corrected chi connectivity index (χ3v) is 4.37. The zero-order valence-electron chi connectivity index (χ0n) is 16.0. The Hall–Kier alpha value is -3.43. The molecule has 0 bridgehead atoms. The number of amides is 1. The lowest BCUT2D eigenvalue weighted by atomic mass is 10.0. The van der Waals surface area contributed by atoms with E-state index in [1.54, 1.807) is 0 Å². The van der Waals surface area contributed by atoms with Crippen molar-refractivity contribution in [3.8, 4) is 0 Å². The van der Waals surface area contributed by atoms with Crippen LogP contribution in [0.4, 0.5) is 26.3 Å². The first kappa shape index (κ1) is 24.8. The summed E-state index contributed by atoms with van der Waals surface area (Å²) in [6, 6.07) is 0.184. The van der Waals surface area contributed by atoms with Crippen LogP contribution < -0.4 is 5.73 Å². The number of nitrogens with two attached hydrogens (primary N) is 1. The largest absolute Gasteiger partial charge is 0.451 e. The highest BCUT2D eigenvalue weighted by molar-refractivity contribution is 5.76. The van der Waals surface area contributed by atoms with E-state index < -0.39 is 46.5 Å². The number of halogens is 6. The van der Waals surface area contributed by atoms with Crippen LogP contribution in [0, 0.1) is 27.6 Å². The standard InChI is InChI=1S/C16H15F6N5O.HNO3/c17-10-6-12(19)11(18)4-8(10)3-9(23)5-14(28)26-1-2-27-13(7-26)24-25-15(27)16(20,21)22;2-1(3)4/h4,6,9H,1-3,5,7,23H2;(H,2,3,4)/t9-;/m1./s1.